The van der Waals surface area contributed by atoms with E-state index in [0.717, 1.165) is 0 Å². The first-order valence-electron chi connectivity index (χ1n) is 11.8. The van der Waals surface area contributed by atoms with Gasteiger partial charge in [-0.15, -0.1) is 0 Å². The third-order valence-electron chi connectivity index (χ3n) is 6.67. The highest BCUT2D eigenvalue weighted by molar-refractivity contribution is 5.73. The van der Waals surface area contributed by atoms with Crippen molar-refractivity contribution in [1.29, 1.82) is 0 Å². The predicted molar refractivity (Wildman–Crippen MR) is 116 cm³/mol. The molecule has 0 spiro atoms. The average Bonchev–Trinajstić information content (AvgIpc) is 2.87. The lowest BCUT2D eigenvalue weighted by molar-refractivity contribution is -0.372. The minimum atomic E-state index is -1.81. The molecule has 0 saturated carbocycles. The number of methoxy groups -OCH3 is 1. The largest absolute Gasteiger partial charge is 0.394 e. The highest BCUT2D eigenvalue weighted by Crippen LogP contribution is 2.33. The molecule has 3 saturated heterocycles. The van der Waals surface area contributed by atoms with Crippen LogP contribution in [0, 0.1) is 0 Å². The molecule has 0 aromatic rings. The Kier molecular flexibility index (Phi) is 10.6. The normalized spacial score (nSPS) is 49.0. The number of hydrogen-bond acceptors (Lipinski definition) is 15. The molecule has 3 heterocycles. The van der Waals surface area contributed by atoms with Crippen LogP contribution in [0.3, 0.4) is 0 Å². The van der Waals surface area contributed by atoms with Gasteiger partial charge in [-0.3, -0.25) is 4.79 Å². The molecule has 3 aliphatic rings. The molecule has 1 amide bonds. The van der Waals surface area contributed by atoms with Crippen LogP contribution in [0.4, 0.5) is 0 Å². The molecule has 0 aromatic carbocycles. The number of amides is 1. The lowest BCUT2D eigenvalue weighted by Gasteiger charge is -2.50. The third-order valence-corrected chi connectivity index (χ3v) is 6.67. The molecule has 16 heteroatoms. The molecule has 0 unspecified atom stereocenters. The second kappa shape index (κ2) is 12.8. The van der Waals surface area contributed by atoms with Crippen molar-refractivity contribution in [2.24, 2.45) is 0 Å². The molecule has 15 atom stereocenters. The van der Waals surface area contributed by atoms with Crippen molar-refractivity contribution >= 4 is 5.91 Å². The van der Waals surface area contributed by atoms with Gasteiger partial charge in [0.1, 0.15) is 67.1 Å². The Morgan fingerprint density at radius 2 is 1.24 bits per heavy atom. The van der Waals surface area contributed by atoms with E-state index in [0.29, 0.717) is 0 Å². The zero-order chi connectivity index (χ0) is 27.6. The first-order valence-corrected chi connectivity index (χ1v) is 11.8. The fourth-order valence-corrected chi connectivity index (χ4v) is 4.58. The Morgan fingerprint density at radius 3 is 1.78 bits per heavy atom. The van der Waals surface area contributed by atoms with Gasteiger partial charge in [0.15, 0.2) is 18.9 Å². The summed E-state index contributed by atoms with van der Waals surface area (Å²) < 4.78 is 33.7. The molecule has 3 fully saturated rings. The van der Waals surface area contributed by atoms with Gasteiger partial charge < -0.3 is 74.6 Å². The second-order valence-corrected chi connectivity index (χ2v) is 9.27. The fraction of sp³-hybridized carbons (Fsp3) is 0.952. The van der Waals surface area contributed by atoms with Gasteiger partial charge in [-0.2, -0.15) is 0 Å². The molecule has 0 aliphatic carbocycles. The zero-order valence-corrected chi connectivity index (χ0v) is 20.5. The van der Waals surface area contributed by atoms with Crippen LogP contribution in [0.2, 0.25) is 0 Å². The summed E-state index contributed by atoms with van der Waals surface area (Å²) in [6.07, 6.45) is -20.8. The highest BCUT2D eigenvalue weighted by atomic mass is 16.8. The molecule has 0 aromatic heterocycles. The topological polar surface area (TPSA) is 246 Å². The van der Waals surface area contributed by atoms with E-state index in [1.165, 1.54) is 21.0 Å². The summed E-state index contributed by atoms with van der Waals surface area (Å²) in [6, 6.07) is -1.17. The molecule has 0 radical (unpaired) electrons. The number of ether oxygens (including phenoxy) is 6. The van der Waals surface area contributed by atoms with Crippen molar-refractivity contribution < 1.29 is 74.1 Å². The predicted octanol–water partition coefficient (Wildman–Crippen LogP) is -5.75. The van der Waals surface area contributed by atoms with E-state index in [9.17, 15) is 45.6 Å². The molecule has 16 nitrogen and oxygen atoms in total. The van der Waals surface area contributed by atoms with Gasteiger partial charge in [0.05, 0.1) is 19.3 Å². The highest BCUT2D eigenvalue weighted by Gasteiger charge is 2.54. The van der Waals surface area contributed by atoms with Crippen LogP contribution >= 0.6 is 0 Å². The van der Waals surface area contributed by atoms with Gasteiger partial charge in [-0.1, -0.05) is 0 Å². The molecular formula is C21H37NO15. The lowest BCUT2D eigenvalue weighted by atomic mass is 9.94. The molecule has 3 aliphatic heterocycles. The third kappa shape index (κ3) is 6.39. The maximum Gasteiger partial charge on any atom is 0.217 e. The number of carbonyl (C=O) groups is 1. The number of aliphatic hydroxyl groups excluding tert-OH is 8. The fourth-order valence-electron chi connectivity index (χ4n) is 4.58. The van der Waals surface area contributed by atoms with Gasteiger partial charge in [-0.25, -0.2) is 0 Å². The van der Waals surface area contributed by atoms with Crippen molar-refractivity contribution in [3.8, 4) is 0 Å². The maximum atomic E-state index is 12.0. The van der Waals surface area contributed by atoms with Gasteiger partial charge in [0, 0.05) is 14.0 Å². The molecule has 0 bridgehead atoms. The molecular weight excluding hydrogens is 506 g/mol. The summed E-state index contributed by atoms with van der Waals surface area (Å²) in [4.78, 5) is 12.0. The van der Waals surface area contributed by atoms with Gasteiger partial charge in [0.2, 0.25) is 5.91 Å². The van der Waals surface area contributed by atoms with Crippen molar-refractivity contribution in [2.75, 3.05) is 20.3 Å². The van der Waals surface area contributed by atoms with Crippen molar-refractivity contribution in [1.82, 2.24) is 5.32 Å². The van der Waals surface area contributed by atoms with Crippen LogP contribution < -0.4 is 5.32 Å². The van der Waals surface area contributed by atoms with Crippen LogP contribution in [-0.4, -0.2) is 159 Å². The van der Waals surface area contributed by atoms with E-state index in [-0.39, 0.29) is 0 Å². The standard InChI is InChI=1S/C21H37NO15/c1-6-11(26)13(28)15(30)20(33-6)37-18-10(22-7(2)25)19(32-3)35-9(5-24)17(18)36-21-16(31)14(29)12(27)8(4-23)34-21/h6,8-21,23-24,26-31H,4-5H2,1-3H3,(H,22,25)/t6-,8-,9-,10-,11+,12+,13+,14+,15-,16-,17-,18-,19-,20-,21+/m1/s1. The Bertz CT molecular complexity index is 745. The van der Waals surface area contributed by atoms with E-state index < -0.39 is 111 Å². The smallest absolute Gasteiger partial charge is 0.217 e. The number of rotatable bonds is 8. The Hall–Kier alpha value is -1.09. The van der Waals surface area contributed by atoms with Crippen molar-refractivity contribution in [3.63, 3.8) is 0 Å². The van der Waals surface area contributed by atoms with Gasteiger partial charge in [-0.05, 0) is 6.92 Å². The van der Waals surface area contributed by atoms with Gasteiger partial charge in [0.25, 0.3) is 0 Å². The number of hydrogen-bond donors (Lipinski definition) is 9. The zero-order valence-electron chi connectivity index (χ0n) is 20.5. The van der Waals surface area contributed by atoms with Crippen molar-refractivity contribution in [2.45, 2.75) is 106 Å². The molecule has 9 N–H and O–H groups in total. The summed E-state index contributed by atoms with van der Waals surface area (Å²) >= 11 is 0. The molecule has 3 rings (SSSR count). The van der Waals surface area contributed by atoms with E-state index in [4.69, 9.17) is 28.4 Å². The molecule has 37 heavy (non-hydrogen) atoms. The van der Waals surface area contributed by atoms with E-state index in [2.05, 4.69) is 5.32 Å². The first-order chi connectivity index (χ1) is 17.4. The number of carbonyl (C=O) groups excluding carboxylic acids is 1. The van der Waals surface area contributed by atoms with Crippen LogP contribution in [0.1, 0.15) is 13.8 Å². The SMILES string of the molecule is CO[C@@H]1O[C@H](CO)[C@@H](O[C@@H]2O[C@H](CO)[C@H](O)[C@H](O)[C@H]2O)[C@H](O[C@H]2O[C@H](C)[C@H](O)[C@H](O)[C@H]2O)[C@H]1NC(C)=O. The van der Waals surface area contributed by atoms with Crippen LogP contribution in [0.25, 0.3) is 0 Å². The van der Waals surface area contributed by atoms with Crippen LogP contribution in [0.15, 0.2) is 0 Å². The first kappa shape index (κ1) is 30.5. The monoisotopic (exact) mass is 543 g/mol. The Labute approximate surface area is 212 Å². The second-order valence-electron chi connectivity index (χ2n) is 9.27. The molecule has 216 valence electrons. The minimum Gasteiger partial charge on any atom is -0.394 e. The lowest BCUT2D eigenvalue weighted by Crippen LogP contribution is -2.69. The summed E-state index contributed by atoms with van der Waals surface area (Å²) in [5.74, 6) is -0.549. The maximum absolute atomic E-state index is 12.0. The summed E-state index contributed by atoms with van der Waals surface area (Å²) in [6.45, 7) is 1.21. The quantitative estimate of drug-likeness (QED) is 0.138. The summed E-state index contributed by atoms with van der Waals surface area (Å²) in [5, 5.41) is 83.5. The van der Waals surface area contributed by atoms with Gasteiger partial charge >= 0.3 is 0 Å². The van der Waals surface area contributed by atoms with E-state index in [1.807, 2.05) is 0 Å². The van der Waals surface area contributed by atoms with Crippen molar-refractivity contribution in [3.05, 3.63) is 0 Å². The average molecular weight is 544 g/mol. The van der Waals surface area contributed by atoms with E-state index in [1.54, 1.807) is 0 Å². The minimum absolute atomic E-state index is 0.549. The number of nitrogens with one attached hydrogen (secondary N) is 1. The Morgan fingerprint density at radius 1 is 0.730 bits per heavy atom. The van der Waals surface area contributed by atoms with E-state index >= 15 is 0 Å². The van der Waals surface area contributed by atoms with Crippen LogP contribution in [0.5, 0.6) is 0 Å². The summed E-state index contributed by atoms with van der Waals surface area (Å²) in [5.41, 5.74) is 0. The summed E-state index contributed by atoms with van der Waals surface area (Å²) in [7, 11) is 1.26. The number of aliphatic hydroxyl groups is 8. The Balaban J connectivity index is 1.95. The van der Waals surface area contributed by atoms with Crippen LogP contribution in [-0.2, 0) is 33.2 Å².